The third kappa shape index (κ3) is 2.59. The normalized spacial score (nSPS) is 13.9. The lowest BCUT2D eigenvalue weighted by Gasteiger charge is -2.28. The molecule has 0 fully saturated rings. The molecule has 0 heterocycles. The average molecular weight is 227 g/mol. The van der Waals surface area contributed by atoms with Gasteiger partial charge in [-0.05, 0) is 36.8 Å². The van der Waals surface area contributed by atoms with E-state index in [0.717, 1.165) is 0 Å². The van der Waals surface area contributed by atoms with Crippen molar-refractivity contribution in [2.24, 2.45) is 5.73 Å². The Morgan fingerprint density at radius 3 is 2.31 bits per heavy atom. The van der Waals surface area contributed by atoms with Gasteiger partial charge in [-0.25, -0.2) is 8.78 Å². The van der Waals surface area contributed by atoms with Gasteiger partial charge in [0.15, 0.2) is 11.6 Å². The molecule has 0 radical (unpaired) electrons. The molecule has 16 heavy (non-hydrogen) atoms. The van der Waals surface area contributed by atoms with E-state index < -0.39 is 17.0 Å². The van der Waals surface area contributed by atoms with Gasteiger partial charge in [0.25, 0.3) is 0 Å². The second-order valence-electron chi connectivity index (χ2n) is 5.12. The highest BCUT2D eigenvalue weighted by Gasteiger charge is 2.27. The zero-order valence-electron chi connectivity index (χ0n) is 10.3. The molecule has 90 valence electrons. The van der Waals surface area contributed by atoms with E-state index in [1.807, 2.05) is 20.8 Å². The predicted molar refractivity (Wildman–Crippen MR) is 62.4 cm³/mol. The molecule has 3 heteroatoms. The molecule has 0 saturated heterocycles. The molecule has 1 aromatic carbocycles. The molecule has 2 N–H and O–H groups in total. The molecular weight excluding hydrogens is 208 g/mol. The van der Waals surface area contributed by atoms with Crippen molar-refractivity contribution in [1.29, 1.82) is 0 Å². The van der Waals surface area contributed by atoms with E-state index in [4.69, 9.17) is 5.73 Å². The number of hydrogen-bond acceptors (Lipinski definition) is 1. The van der Waals surface area contributed by atoms with Gasteiger partial charge >= 0.3 is 0 Å². The van der Waals surface area contributed by atoms with Crippen molar-refractivity contribution in [3.63, 3.8) is 0 Å². The van der Waals surface area contributed by atoms with Crippen LogP contribution in [0.1, 0.15) is 38.3 Å². The van der Waals surface area contributed by atoms with Gasteiger partial charge < -0.3 is 5.73 Å². The van der Waals surface area contributed by atoms with Gasteiger partial charge in [-0.15, -0.1) is 0 Å². The van der Waals surface area contributed by atoms with Crippen LogP contribution in [0.2, 0.25) is 0 Å². The molecule has 0 aliphatic heterocycles. The van der Waals surface area contributed by atoms with Crippen molar-refractivity contribution in [3.05, 3.63) is 34.9 Å². The van der Waals surface area contributed by atoms with Crippen LogP contribution in [0.5, 0.6) is 0 Å². The standard InChI is InChI=1S/C13H19F2N/c1-8-5-6-10(12(15)11(8)14)13(3,4)7-9(2)16/h5-6,9H,7,16H2,1-4H3. The van der Waals surface area contributed by atoms with Crippen molar-refractivity contribution in [2.45, 2.75) is 45.6 Å². The minimum atomic E-state index is -0.754. The van der Waals surface area contributed by atoms with E-state index in [0.29, 0.717) is 17.5 Å². The highest BCUT2D eigenvalue weighted by molar-refractivity contribution is 5.30. The number of rotatable bonds is 3. The number of halogens is 2. The Balaban J connectivity index is 3.18. The van der Waals surface area contributed by atoms with Crippen LogP contribution < -0.4 is 5.73 Å². The third-order valence-corrected chi connectivity index (χ3v) is 2.84. The smallest absolute Gasteiger partial charge is 0.162 e. The first-order chi connectivity index (χ1) is 7.25. The van der Waals surface area contributed by atoms with Gasteiger partial charge in [-0.1, -0.05) is 26.0 Å². The molecule has 1 unspecified atom stereocenters. The van der Waals surface area contributed by atoms with Crippen LogP contribution in [-0.2, 0) is 5.41 Å². The second kappa shape index (κ2) is 4.50. The maximum atomic E-state index is 13.8. The topological polar surface area (TPSA) is 26.0 Å². The molecule has 0 saturated carbocycles. The van der Waals surface area contributed by atoms with E-state index in [1.165, 1.54) is 0 Å². The minimum absolute atomic E-state index is 0.0428. The summed E-state index contributed by atoms with van der Waals surface area (Å²) < 4.78 is 27.2. The first-order valence-corrected chi connectivity index (χ1v) is 5.46. The molecular formula is C13H19F2N. The molecule has 0 amide bonds. The lowest BCUT2D eigenvalue weighted by Crippen LogP contribution is -2.29. The molecule has 1 atom stereocenters. The van der Waals surface area contributed by atoms with Crippen LogP contribution >= 0.6 is 0 Å². The SMILES string of the molecule is Cc1ccc(C(C)(C)CC(C)N)c(F)c1F. The lowest BCUT2D eigenvalue weighted by molar-refractivity contribution is 0.401. The first kappa shape index (κ1) is 13.1. The summed E-state index contributed by atoms with van der Waals surface area (Å²) in [4.78, 5) is 0. The maximum absolute atomic E-state index is 13.8. The van der Waals surface area contributed by atoms with Crippen LogP contribution in [0, 0.1) is 18.6 Å². The summed E-state index contributed by atoms with van der Waals surface area (Å²) in [6.07, 6.45) is 0.617. The van der Waals surface area contributed by atoms with Crippen molar-refractivity contribution >= 4 is 0 Å². The molecule has 1 rings (SSSR count). The van der Waals surface area contributed by atoms with Crippen molar-refractivity contribution in [3.8, 4) is 0 Å². The van der Waals surface area contributed by atoms with Gasteiger partial charge in [0.2, 0.25) is 0 Å². The molecule has 0 aliphatic rings. The summed E-state index contributed by atoms with van der Waals surface area (Å²) in [5.41, 5.74) is 5.99. The highest BCUT2D eigenvalue weighted by Crippen LogP contribution is 2.31. The summed E-state index contributed by atoms with van der Waals surface area (Å²) in [7, 11) is 0. The second-order valence-corrected chi connectivity index (χ2v) is 5.12. The molecule has 0 aliphatic carbocycles. The molecule has 1 nitrogen and oxygen atoms in total. The molecule has 0 spiro atoms. The van der Waals surface area contributed by atoms with Crippen molar-refractivity contribution in [2.75, 3.05) is 0 Å². The largest absolute Gasteiger partial charge is 0.328 e. The summed E-state index contributed by atoms with van der Waals surface area (Å²) >= 11 is 0. The number of benzene rings is 1. The average Bonchev–Trinajstić information content (AvgIpc) is 2.11. The summed E-state index contributed by atoms with van der Waals surface area (Å²) in [6, 6.07) is 3.21. The minimum Gasteiger partial charge on any atom is -0.328 e. The van der Waals surface area contributed by atoms with Crippen LogP contribution in [-0.4, -0.2) is 6.04 Å². The van der Waals surface area contributed by atoms with Gasteiger partial charge in [0, 0.05) is 6.04 Å². The first-order valence-electron chi connectivity index (χ1n) is 5.46. The van der Waals surface area contributed by atoms with Gasteiger partial charge in [0.1, 0.15) is 0 Å². The number of nitrogens with two attached hydrogens (primary N) is 1. The fraction of sp³-hybridized carbons (Fsp3) is 0.538. The van der Waals surface area contributed by atoms with E-state index in [-0.39, 0.29) is 6.04 Å². The fourth-order valence-corrected chi connectivity index (χ4v) is 2.08. The number of hydrogen-bond donors (Lipinski definition) is 1. The van der Waals surface area contributed by atoms with Crippen molar-refractivity contribution < 1.29 is 8.78 Å². The van der Waals surface area contributed by atoms with Crippen LogP contribution in [0.3, 0.4) is 0 Å². The van der Waals surface area contributed by atoms with E-state index in [1.54, 1.807) is 19.1 Å². The van der Waals surface area contributed by atoms with Gasteiger partial charge in [-0.3, -0.25) is 0 Å². The molecule has 0 aromatic heterocycles. The highest BCUT2D eigenvalue weighted by atomic mass is 19.2. The lowest BCUT2D eigenvalue weighted by atomic mass is 9.79. The van der Waals surface area contributed by atoms with Crippen LogP contribution in [0.4, 0.5) is 8.78 Å². The van der Waals surface area contributed by atoms with E-state index in [2.05, 4.69) is 0 Å². The van der Waals surface area contributed by atoms with Gasteiger partial charge in [-0.2, -0.15) is 0 Å². The Labute approximate surface area is 95.7 Å². The Morgan fingerprint density at radius 2 is 1.81 bits per heavy atom. The Morgan fingerprint density at radius 1 is 1.25 bits per heavy atom. The zero-order valence-corrected chi connectivity index (χ0v) is 10.3. The van der Waals surface area contributed by atoms with E-state index >= 15 is 0 Å². The summed E-state index contributed by atoms with van der Waals surface area (Å²) in [5.74, 6) is -1.50. The quantitative estimate of drug-likeness (QED) is 0.842. The summed E-state index contributed by atoms with van der Waals surface area (Å²) in [5, 5.41) is 0. The molecule has 1 aromatic rings. The van der Waals surface area contributed by atoms with Crippen LogP contribution in [0.15, 0.2) is 12.1 Å². The van der Waals surface area contributed by atoms with E-state index in [9.17, 15) is 8.78 Å². The van der Waals surface area contributed by atoms with Crippen molar-refractivity contribution in [1.82, 2.24) is 0 Å². The maximum Gasteiger partial charge on any atom is 0.162 e. The Hall–Kier alpha value is -0.960. The zero-order chi connectivity index (χ0) is 12.5. The molecule has 0 bridgehead atoms. The fourth-order valence-electron chi connectivity index (χ4n) is 2.08. The summed E-state index contributed by atoms with van der Waals surface area (Å²) in [6.45, 7) is 7.18. The monoisotopic (exact) mass is 227 g/mol. The predicted octanol–water partition coefficient (Wildman–Crippen LogP) is 3.29. The Bertz CT molecular complexity index is 384. The van der Waals surface area contributed by atoms with Gasteiger partial charge in [0.05, 0.1) is 0 Å². The van der Waals surface area contributed by atoms with Crippen LogP contribution in [0.25, 0.3) is 0 Å². The number of aryl methyl sites for hydroxylation is 1. The Kier molecular flexibility index (Phi) is 3.68. The third-order valence-electron chi connectivity index (χ3n) is 2.84.